The zero-order valence-electron chi connectivity index (χ0n) is 10.9. The largest absolute Gasteiger partial charge is 0.424 e. The Balaban J connectivity index is 1.77. The van der Waals surface area contributed by atoms with Gasteiger partial charge in [-0.2, -0.15) is 0 Å². The van der Waals surface area contributed by atoms with Crippen molar-refractivity contribution in [3.63, 3.8) is 0 Å². The summed E-state index contributed by atoms with van der Waals surface area (Å²) < 4.78 is 5.48. The molecule has 0 atom stereocenters. The molecule has 1 aliphatic heterocycles. The number of nitrogens with zero attached hydrogens (tertiary/aromatic N) is 4. The molecule has 0 saturated heterocycles. The van der Waals surface area contributed by atoms with Crippen molar-refractivity contribution in [2.75, 3.05) is 0 Å². The number of aryl methyl sites for hydroxylation is 2. The van der Waals surface area contributed by atoms with Crippen molar-refractivity contribution in [3.05, 3.63) is 39.2 Å². The van der Waals surface area contributed by atoms with Gasteiger partial charge in [-0.15, -0.1) is 10.2 Å². The first-order valence-corrected chi connectivity index (χ1v) is 6.28. The Bertz CT molecular complexity index is 660. The van der Waals surface area contributed by atoms with Crippen molar-refractivity contribution in [3.8, 4) is 0 Å². The fourth-order valence-electron chi connectivity index (χ4n) is 2.25. The van der Waals surface area contributed by atoms with Gasteiger partial charge in [0.25, 0.3) is 5.56 Å². The third-order valence-electron chi connectivity index (χ3n) is 3.14. The van der Waals surface area contributed by atoms with Crippen LogP contribution in [0.4, 0.5) is 0 Å². The van der Waals surface area contributed by atoms with E-state index in [2.05, 4.69) is 25.1 Å². The third kappa shape index (κ3) is 2.28. The highest BCUT2D eigenvalue weighted by Gasteiger charge is 2.24. The Kier molecular flexibility index (Phi) is 2.90. The first-order valence-electron chi connectivity index (χ1n) is 6.28. The van der Waals surface area contributed by atoms with E-state index in [0.29, 0.717) is 37.2 Å². The van der Waals surface area contributed by atoms with Crippen LogP contribution in [0.1, 0.15) is 35.8 Å². The molecule has 0 aromatic carbocycles. The van der Waals surface area contributed by atoms with Gasteiger partial charge in [0.05, 0.1) is 17.8 Å². The summed E-state index contributed by atoms with van der Waals surface area (Å²) in [6.45, 7) is 5.51. The second kappa shape index (κ2) is 4.58. The molecule has 1 N–H and O–H groups in total. The molecule has 2 aromatic heterocycles. The molecule has 0 saturated carbocycles. The topological polar surface area (TPSA) is 87.9 Å². The quantitative estimate of drug-likeness (QED) is 0.867. The van der Waals surface area contributed by atoms with Crippen LogP contribution in [0, 0.1) is 6.92 Å². The van der Waals surface area contributed by atoms with Crippen LogP contribution in [-0.2, 0) is 26.1 Å². The van der Waals surface area contributed by atoms with Crippen molar-refractivity contribution in [2.45, 2.75) is 39.9 Å². The van der Waals surface area contributed by atoms with Gasteiger partial charge < -0.3 is 9.40 Å². The molecule has 0 unspecified atom stereocenters. The smallest absolute Gasteiger partial charge is 0.255 e. The number of hydrogen-bond donors (Lipinski definition) is 1. The number of aromatic nitrogens is 4. The summed E-state index contributed by atoms with van der Waals surface area (Å²) in [5, 5.41) is 7.92. The van der Waals surface area contributed by atoms with E-state index < -0.39 is 0 Å². The number of fused-ring (bicyclic) bond motifs is 1. The standard InChI is InChI=1S/C12H15N5O2/c1-3-10-15-16-11(19-10)6-17-4-8-9(5-17)13-7(2)14-12(8)18/h3-6H2,1-2H3,(H,13,14,18). The molecule has 100 valence electrons. The lowest BCUT2D eigenvalue weighted by atomic mass is 10.3. The molecule has 3 heterocycles. The Morgan fingerprint density at radius 3 is 2.84 bits per heavy atom. The Morgan fingerprint density at radius 2 is 2.11 bits per heavy atom. The molecule has 0 bridgehead atoms. The van der Waals surface area contributed by atoms with E-state index in [1.807, 2.05) is 6.92 Å². The van der Waals surface area contributed by atoms with Crippen LogP contribution in [0.2, 0.25) is 0 Å². The van der Waals surface area contributed by atoms with Crippen molar-refractivity contribution < 1.29 is 4.42 Å². The highest BCUT2D eigenvalue weighted by atomic mass is 16.4. The lowest BCUT2D eigenvalue weighted by Crippen LogP contribution is -2.18. The monoisotopic (exact) mass is 261 g/mol. The second-order valence-electron chi connectivity index (χ2n) is 4.66. The summed E-state index contributed by atoms with van der Waals surface area (Å²) in [6, 6.07) is 0. The molecular weight excluding hydrogens is 246 g/mol. The van der Waals surface area contributed by atoms with Crippen molar-refractivity contribution in [2.24, 2.45) is 0 Å². The maximum absolute atomic E-state index is 11.8. The van der Waals surface area contributed by atoms with Gasteiger partial charge in [0.2, 0.25) is 11.8 Å². The SMILES string of the molecule is CCc1nnc(CN2Cc3nc(C)[nH]c(=O)c3C2)o1. The van der Waals surface area contributed by atoms with Crippen LogP contribution in [0.3, 0.4) is 0 Å². The van der Waals surface area contributed by atoms with Crippen LogP contribution >= 0.6 is 0 Å². The molecule has 3 rings (SSSR count). The van der Waals surface area contributed by atoms with Gasteiger partial charge in [0.15, 0.2) is 0 Å². The molecule has 1 aliphatic rings. The zero-order valence-corrected chi connectivity index (χ0v) is 10.9. The van der Waals surface area contributed by atoms with E-state index in [-0.39, 0.29) is 5.56 Å². The minimum atomic E-state index is -0.0511. The molecule has 19 heavy (non-hydrogen) atoms. The van der Waals surface area contributed by atoms with Gasteiger partial charge in [-0.05, 0) is 6.92 Å². The van der Waals surface area contributed by atoms with Crippen molar-refractivity contribution in [1.82, 2.24) is 25.1 Å². The molecule has 7 heteroatoms. The predicted octanol–water partition coefficient (Wildman–Crippen LogP) is 0.540. The third-order valence-corrected chi connectivity index (χ3v) is 3.14. The fourth-order valence-corrected chi connectivity index (χ4v) is 2.25. The highest BCUT2D eigenvalue weighted by Crippen LogP contribution is 2.19. The summed E-state index contributed by atoms with van der Waals surface area (Å²) >= 11 is 0. The van der Waals surface area contributed by atoms with Gasteiger partial charge in [-0.1, -0.05) is 6.92 Å². The van der Waals surface area contributed by atoms with E-state index in [9.17, 15) is 4.79 Å². The zero-order chi connectivity index (χ0) is 13.4. The maximum Gasteiger partial charge on any atom is 0.255 e. The van der Waals surface area contributed by atoms with Crippen LogP contribution in [0.15, 0.2) is 9.21 Å². The summed E-state index contributed by atoms with van der Waals surface area (Å²) in [5.74, 6) is 1.87. The first kappa shape index (κ1) is 12.0. The van der Waals surface area contributed by atoms with Crippen LogP contribution in [0.5, 0.6) is 0 Å². The lowest BCUT2D eigenvalue weighted by molar-refractivity contribution is 0.241. The Hall–Kier alpha value is -2.02. The number of hydrogen-bond acceptors (Lipinski definition) is 6. The number of nitrogens with one attached hydrogen (secondary N) is 1. The van der Waals surface area contributed by atoms with Crippen molar-refractivity contribution in [1.29, 1.82) is 0 Å². The van der Waals surface area contributed by atoms with Crippen LogP contribution in [0.25, 0.3) is 0 Å². The molecule has 7 nitrogen and oxygen atoms in total. The summed E-state index contributed by atoms with van der Waals surface area (Å²) in [4.78, 5) is 21.0. The van der Waals surface area contributed by atoms with E-state index in [1.54, 1.807) is 6.92 Å². The summed E-state index contributed by atoms with van der Waals surface area (Å²) in [7, 11) is 0. The van der Waals surface area contributed by atoms with Gasteiger partial charge in [0.1, 0.15) is 5.82 Å². The predicted molar refractivity (Wildman–Crippen MR) is 66.2 cm³/mol. The lowest BCUT2D eigenvalue weighted by Gasteiger charge is -2.10. The highest BCUT2D eigenvalue weighted by molar-refractivity contribution is 5.21. The van der Waals surface area contributed by atoms with E-state index >= 15 is 0 Å². The molecule has 0 radical (unpaired) electrons. The fraction of sp³-hybridized carbons (Fsp3) is 0.500. The second-order valence-corrected chi connectivity index (χ2v) is 4.66. The van der Waals surface area contributed by atoms with Crippen LogP contribution < -0.4 is 5.56 Å². The number of rotatable bonds is 3. The minimum absolute atomic E-state index is 0.0511. The average Bonchev–Trinajstić information content (AvgIpc) is 2.96. The Morgan fingerprint density at radius 1 is 1.32 bits per heavy atom. The summed E-state index contributed by atoms with van der Waals surface area (Å²) in [5.41, 5.74) is 1.53. The molecule has 0 amide bonds. The Labute approximate surface area is 109 Å². The maximum atomic E-state index is 11.8. The van der Waals surface area contributed by atoms with Gasteiger partial charge in [-0.25, -0.2) is 4.98 Å². The van der Waals surface area contributed by atoms with Gasteiger partial charge in [-0.3, -0.25) is 9.69 Å². The molecular formula is C12H15N5O2. The molecule has 0 fully saturated rings. The van der Waals surface area contributed by atoms with Gasteiger partial charge in [0, 0.05) is 19.5 Å². The van der Waals surface area contributed by atoms with Gasteiger partial charge >= 0.3 is 0 Å². The van der Waals surface area contributed by atoms with Crippen molar-refractivity contribution >= 4 is 0 Å². The normalized spacial score (nSPS) is 14.8. The number of aromatic amines is 1. The molecule has 2 aromatic rings. The molecule has 0 aliphatic carbocycles. The average molecular weight is 261 g/mol. The summed E-state index contributed by atoms with van der Waals surface area (Å²) in [6.07, 6.45) is 0.730. The molecule has 0 spiro atoms. The minimum Gasteiger partial charge on any atom is -0.424 e. The van der Waals surface area contributed by atoms with E-state index in [0.717, 1.165) is 17.7 Å². The first-order chi connectivity index (χ1) is 9.15. The van der Waals surface area contributed by atoms with E-state index in [1.165, 1.54) is 0 Å². The number of H-pyrrole nitrogens is 1. The van der Waals surface area contributed by atoms with E-state index in [4.69, 9.17) is 4.42 Å². The van der Waals surface area contributed by atoms with Crippen LogP contribution in [-0.4, -0.2) is 25.1 Å².